The predicted octanol–water partition coefficient (Wildman–Crippen LogP) is 4.11. The van der Waals surface area contributed by atoms with Crippen molar-refractivity contribution in [3.63, 3.8) is 0 Å². The Morgan fingerprint density at radius 3 is 2.40 bits per heavy atom. The molecule has 1 heterocycles. The summed E-state index contributed by atoms with van der Waals surface area (Å²) in [6, 6.07) is 18.5. The summed E-state index contributed by atoms with van der Waals surface area (Å²) < 4.78 is 16.9. The van der Waals surface area contributed by atoms with E-state index in [1.165, 1.54) is 24.9 Å². The maximum absolute atomic E-state index is 13.0. The molecule has 4 rings (SSSR count). The van der Waals surface area contributed by atoms with Crippen molar-refractivity contribution >= 4 is 28.9 Å². The van der Waals surface area contributed by atoms with E-state index in [0.29, 0.717) is 39.3 Å². The number of aromatic nitrogens is 2. The number of methoxy groups -OCH3 is 2. The number of carbonyl (C=O) groups is 2. The fourth-order valence-electron chi connectivity index (χ4n) is 3.56. The highest BCUT2D eigenvalue weighted by atomic mass is 16.6. The van der Waals surface area contributed by atoms with Gasteiger partial charge in [-0.05, 0) is 67.1 Å². The van der Waals surface area contributed by atoms with Crippen LogP contribution in [0.25, 0.3) is 22.7 Å². The van der Waals surface area contributed by atoms with Crippen molar-refractivity contribution in [3.8, 4) is 17.2 Å². The number of carbonyl (C=O) groups excluding carboxylic acids is 2. The normalized spacial score (nSPS) is 10.9. The number of para-hydroxylation sites is 1. The zero-order chi connectivity index (χ0) is 24.9. The Labute approximate surface area is 201 Å². The van der Waals surface area contributed by atoms with E-state index in [9.17, 15) is 14.4 Å². The van der Waals surface area contributed by atoms with Gasteiger partial charge in [-0.3, -0.25) is 9.36 Å². The Morgan fingerprint density at radius 1 is 0.943 bits per heavy atom. The van der Waals surface area contributed by atoms with Gasteiger partial charge in [0.2, 0.25) is 0 Å². The Bertz CT molecular complexity index is 1500. The first-order chi connectivity index (χ1) is 16.9. The summed E-state index contributed by atoms with van der Waals surface area (Å²) in [5.41, 5.74) is 1.99. The molecule has 0 saturated heterocycles. The minimum Gasteiger partial charge on any atom is -0.493 e. The molecule has 0 unspecified atom stereocenters. The van der Waals surface area contributed by atoms with Crippen molar-refractivity contribution in [3.05, 3.63) is 100 Å². The lowest BCUT2D eigenvalue weighted by molar-refractivity contribution is -0.134. The third-order valence-corrected chi connectivity index (χ3v) is 5.31. The average Bonchev–Trinajstić information content (AvgIpc) is 2.88. The van der Waals surface area contributed by atoms with Gasteiger partial charge >= 0.3 is 11.9 Å². The molecule has 0 aliphatic rings. The monoisotopic (exact) mass is 470 g/mol. The summed E-state index contributed by atoms with van der Waals surface area (Å²) in [5.74, 6) is 0.0114. The minimum atomic E-state index is -0.589. The zero-order valence-corrected chi connectivity index (χ0v) is 19.3. The van der Waals surface area contributed by atoms with Gasteiger partial charge in [-0.2, -0.15) is 0 Å². The third-order valence-electron chi connectivity index (χ3n) is 5.31. The van der Waals surface area contributed by atoms with Crippen LogP contribution in [0, 0.1) is 6.92 Å². The summed E-state index contributed by atoms with van der Waals surface area (Å²) >= 11 is 0. The van der Waals surface area contributed by atoms with E-state index in [2.05, 4.69) is 9.72 Å². The van der Waals surface area contributed by atoms with Crippen molar-refractivity contribution in [2.45, 2.75) is 6.92 Å². The quantitative estimate of drug-likeness (QED) is 0.238. The first-order valence-corrected chi connectivity index (χ1v) is 10.7. The van der Waals surface area contributed by atoms with Gasteiger partial charge in [0, 0.05) is 6.08 Å². The molecule has 8 heteroatoms. The lowest BCUT2D eigenvalue weighted by atomic mass is 10.1. The Balaban J connectivity index is 1.57. The van der Waals surface area contributed by atoms with Gasteiger partial charge in [0.15, 0.2) is 11.5 Å². The van der Waals surface area contributed by atoms with Gasteiger partial charge in [-0.25, -0.2) is 14.6 Å². The zero-order valence-electron chi connectivity index (χ0n) is 19.3. The van der Waals surface area contributed by atoms with E-state index in [-0.39, 0.29) is 11.3 Å². The lowest BCUT2D eigenvalue weighted by Gasteiger charge is -2.12. The van der Waals surface area contributed by atoms with Gasteiger partial charge < -0.3 is 14.2 Å². The van der Waals surface area contributed by atoms with Crippen LogP contribution in [0.5, 0.6) is 11.5 Å². The molecule has 0 amide bonds. The first-order valence-electron chi connectivity index (χ1n) is 10.7. The van der Waals surface area contributed by atoms with E-state index >= 15 is 0 Å². The van der Waals surface area contributed by atoms with Crippen molar-refractivity contribution in [2.75, 3.05) is 14.2 Å². The fourth-order valence-corrected chi connectivity index (χ4v) is 3.56. The minimum absolute atomic E-state index is 0.186. The van der Waals surface area contributed by atoms with Gasteiger partial charge in [-0.1, -0.05) is 18.2 Å². The summed E-state index contributed by atoms with van der Waals surface area (Å²) in [6.45, 7) is 1.76. The molecular formula is C27H22N2O6. The maximum Gasteiger partial charge on any atom is 0.343 e. The van der Waals surface area contributed by atoms with E-state index in [0.717, 1.165) is 0 Å². The highest BCUT2D eigenvalue weighted by Gasteiger charge is 2.15. The number of hydrogen-bond donors (Lipinski definition) is 0. The second kappa shape index (κ2) is 10.0. The number of nitrogens with zero attached hydrogens (tertiary/aromatic N) is 2. The van der Waals surface area contributed by atoms with E-state index in [4.69, 9.17) is 9.47 Å². The second-order valence-corrected chi connectivity index (χ2v) is 7.52. The van der Waals surface area contributed by atoms with E-state index in [1.54, 1.807) is 73.7 Å². The molecule has 3 aromatic carbocycles. The molecule has 1 aromatic heterocycles. The molecule has 0 N–H and O–H groups in total. The van der Waals surface area contributed by atoms with Crippen molar-refractivity contribution in [1.82, 2.24) is 9.55 Å². The molecule has 0 spiro atoms. The molecule has 0 atom stereocenters. The number of hydrogen-bond acceptors (Lipinski definition) is 7. The summed E-state index contributed by atoms with van der Waals surface area (Å²) in [5, 5.41) is 0.513. The second-order valence-electron chi connectivity index (χ2n) is 7.52. The molecule has 0 aliphatic heterocycles. The molecule has 0 fully saturated rings. The number of esters is 2. The summed E-state index contributed by atoms with van der Waals surface area (Å²) in [4.78, 5) is 41.5. The molecule has 0 saturated carbocycles. The Kier molecular flexibility index (Phi) is 6.73. The van der Waals surface area contributed by atoms with Crippen LogP contribution in [0.3, 0.4) is 0 Å². The van der Waals surface area contributed by atoms with Gasteiger partial charge in [0.05, 0.1) is 36.4 Å². The van der Waals surface area contributed by atoms with Crippen LogP contribution in [0.2, 0.25) is 0 Å². The third kappa shape index (κ3) is 4.96. The molecular weight excluding hydrogens is 448 g/mol. The summed E-state index contributed by atoms with van der Waals surface area (Å²) in [6.07, 6.45) is 2.84. The molecule has 4 aromatic rings. The summed E-state index contributed by atoms with van der Waals surface area (Å²) in [7, 11) is 2.74. The number of rotatable bonds is 6. The highest BCUT2D eigenvalue weighted by Crippen LogP contribution is 2.29. The maximum atomic E-state index is 13.0. The van der Waals surface area contributed by atoms with E-state index < -0.39 is 11.9 Å². The molecule has 0 bridgehead atoms. The predicted molar refractivity (Wildman–Crippen MR) is 131 cm³/mol. The SMILES string of the molecule is COC(=O)/C=C/c1ccc(OC(=O)c2ccc(-n3c(C)nc4ccccc4c3=O)cc2)c(OC)c1. The van der Waals surface area contributed by atoms with Gasteiger partial charge in [-0.15, -0.1) is 0 Å². The number of aryl methyl sites for hydroxylation is 1. The van der Waals surface area contributed by atoms with Crippen LogP contribution in [0.4, 0.5) is 0 Å². The molecule has 176 valence electrons. The van der Waals surface area contributed by atoms with Crippen molar-refractivity contribution in [2.24, 2.45) is 0 Å². The molecule has 35 heavy (non-hydrogen) atoms. The standard InChI is InChI=1S/C27H22N2O6/c1-17-28-22-7-5-4-6-21(22)26(31)29(17)20-12-10-19(11-13-20)27(32)35-23-14-8-18(16-24(23)33-2)9-15-25(30)34-3/h4-16H,1-3H3/b15-9+. The number of fused-ring (bicyclic) bond motifs is 1. The molecule has 0 aliphatic carbocycles. The van der Waals surface area contributed by atoms with E-state index in [1.807, 2.05) is 6.07 Å². The van der Waals surface area contributed by atoms with Crippen molar-refractivity contribution < 1.29 is 23.8 Å². The Hall–Kier alpha value is -4.72. The molecule has 0 radical (unpaired) electrons. The number of benzene rings is 3. The van der Waals surface area contributed by atoms with Crippen LogP contribution in [-0.4, -0.2) is 35.7 Å². The van der Waals surface area contributed by atoms with Crippen LogP contribution < -0.4 is 15.0 Å². The average molecular weight is 470 g/mol. The van der Waals surface area contributed by atoms with Crippen LogP contribution in [-0.2, 0) is 9.53 Å². The van der Waals surface area contributed by atoms with Gasteiger partial charge in [0.25, 0.3) is 5.56 Å². The largest absolute Gasteiger partial charge is 0.493 e. The highest BCUT2D eigenvalue weighted by molar-refractivity contribution is 5.92. The first kappa shape index (κ1) is 23.4. The molecule has 8 nitrogen and oxygen atoms in total. The Morgan fingerprint density at radius 2 is 1.69 bits per heavy atom. The van der Waals surface area contributed by atoms with Crippen LogP contribution in [0.15, 0.2) is 77.6 Å². The smallest absolute Gasteiger partial charge is 0.343 e. The van der Waals surface area contributed by atoms with Crippen LogP contribution in [0.1, 0.15) is 21.7 Å². The van der Waals surface area contributed by atoms with Crippen LogP contribution >= 0.6 is 0 Å². The number of ether oxygens (including phenoxy) is 3. The van der Waals surface area contributed by atoms with Gasteiger partial charge in [0.1, 0.15) is 5.82 Å². The van der Waals surface area contributed by atoms with Crippen molar-refractivity contribution in [1.29, 1.82) is 0 Å². The lowest BCUT2D eigenvalue weighted by Crippen LogP contribution is -2.22. The topological polar surface area (TPSA) is 96.7 Å². The fraction of sp³-hybridized carbons (Fsp3) is 0.111.